The number of aryl methyl sites for hydroxylation is 1. The van der Waals surface area contributed by atoms with Gasteiger partial charge in [-0.2, -0.15) is 0 Å². The normalized spacial score (nSPS) is 21.7. The van der Waals surface area contributed by atoms with Gasteiger partial charge in [-0.05, 0) is 96.3 Å². The number of nitrogens with zero attached hydrogens (tertiary/aromatic N) is 2. The Bertz CT molecular complexity index is 1620. The maximum atomic E-state index is 14.8. The third-order valence-electron chi connectivity index (χ3n) is 8.40. The molecule has 10 heteroatoms. The Balaban J connectivity index is 1.62. The number of aromatic nitrogens is 1. The zero-order valence-corrected chi connectivity index (χ0v) is 26.7. The lowest BCUT2D eigenvalue weighted by molar-refractivity contribution is -0.148. The van der Waals surface area contributed by atoms with Crippen molar-refractivity contribution in [1.29, 1.82) is 0 Å². The van der Waals surface area contributed by atoms with Crippen molar-refractivity contribution in [3.63, 3.8) is 0 Å². The van der Waals surface area contributed by atoms with Crippen LogP contribution in [0.5, 0.6) is 0 Å². The number of esters is 1. The maximum absolute atomic E-state index is 14.8. The zero-order chi connectivity index (χ0) is 30.6. The summed E-state index contributed by atoms with van der Waals surface area (Å²) in [6.45, 7) is 9.32. The Labute approximate surface area is 260 Å². The Hall–Kier alpha value is -2.84. The van der Waals surface area contributed by atoms with Gasteiger partial charge in [-0.3, -0.25) is 9.36 Å². The number of fused-ring (bicyclic) bond motifs is 1. The van der Waals surface area contributed by atoms with Crippen molar-refractivity contribution in [3.8, 4) is 0 Å². The molecule has 1 N–H and O–H groups in total. The van der Waals surface area contributed by atoms with Gasteiger partial charge in [-0.25, -0.2) is 4.79 Å². The van der Waals surface area contributed by atoms with Crippen molar-refractivity contribution >= 4 is 69.4 Å². The average molecular weight is 631 g/mol. The molecule has 0 radical (unpaired) electrons. The molecule has 2 atom stereocenters. The molecule has 0 saturated heterocycles. The number of oxime groups is 1. The van der Waals surface area contributed by atoms with Crippen LogP contribution in [-0.2, 0) is 14.4 Å². The zero-order valence-electron chi connectivity index (χ0n) is 24.5. The molecule has 2 heterocycles. The van der Waals surface area contributed by atoms with Gasteiger partial charge in [0.15, 0.2) is 5.60 Å². The van der Waals surface area contributed by atoms with Gasteiger partial charge in [0.1, 0.15) is 17.2 Å². The standard InChI is InChI=1S/C32H34Cl3N3O4/c1-18-17-38(23-10-7-9-19(25(18)23)11-12-24(39)41-30(2,3)4)29(40)27-28(26-21(34)15-20(33)16-22(26)35)37-42-31(27,5)32(36-6)13-8-14-32/h7,9-12,15-17,27,36H,8,13-14H2,1-6H3/b12-11+. The van der Waals surface area contributed by atoms with Gasteiger partial charge in [0.25, 0.3) is 0 Å². The number of carbonyl (C=O) groups excluding carboxylic acids is 2. The van der Waals surface area contributed by atoms with Crippen LogP contribution in [0.25, 0.3) is 17.0 Å². The van der Waals surface area contributed by atoms with Crippen LogP contribution in [0.4, 0.5) is 0 Å². The predicted octanol–water partition coefficient (Wildman–Crippen LogP) is 7.86. The topological polar surface area (TPSA) is 81.9 Å². The van der Waals surface area contributed by atoms with Crippen LogP contribution in [0.1, 0.15) is 68.4 Å². The van der Waals surface area contributed by atoms with Crippen LogP contribution >= 0.6 is 34.8 Å². The molecule has 2 unspecified atom stereocenters. The highest BCUT2D eigenvalue weighted by Crippen LogP contribution is 2.51. The first kappa shape index (κ1) is 30.6. The van der Waals surface area contributed by atoms with Gasteiger partial charge in [0, 0.05) is 28.2 Å². The van der Waals surface area contributed by atoms with Crippen molar-refractivity contribution in [2.45, 2.75) is 70.6 Å². The van der Waals surface area contributed by atoms with Crippen LogP contribution in [0.15, 0.2) is 47.8 Å². The molecular weight excluding hydrogens is 597 g/mol. The molecule has 5 rings (SSSR count). The van der Waals surface area contributed by atoms with E-state index in [1.54, 1.807) is 22.8 Å². The van der Waals surface area contributed by atoms with E-state index < -0.39 is 28.6 Å². The Morgan fingerprint density at radius 1 is 1.17 bits per heavy atom. The Kier molecular flexibility index (Phi) is 8.03. The van der Waals surface area contributed by atoms with E-state index in [9.17, 15) is 9.59 Å². The Morgan fingerprint density at radius 3 is 2.40 bits per heavy atom. The van der Waals surface area contributed by atoms with Crippen LogP contribution in [0, 0.1) is 12.8 Å². The summed E-state index contributed by atoms with van der Waals surface area (Å²) in [5, 5.41) is 9.72. The molecule has 1 aliphatic heterocycles. The molecule has 42 heavy (non-hydrogen) atoms. The number of benzene rings is 2. The monoisotopic (exact) mass is 629 g/mol. The van der Waals surface area contributed by atoms with Crippen molar-refractivity contribution < 1.29 is 19.2 Å². The summed E-state index contributed by atoms with van der Waals surface area (Å²) in [7, 11) is 1.88. The van der Waals surface area contributed by atoms with Crippen molar-refractivity contribution in [1.82, 2.24) is 9.88 Å². The predicted molar refractivity (Wildman–Crippen MR) is 169 cm³/mol. The molecule has 1 saturated carbocycles. The van der Waals surface area contributed by atoms with E-state index in [1.807, 2.05) is 66.1 Å². The van der Waals surface area contributed by atoms with Crippen LogP contribution in [-0.4, -0.2) is 45.9 Å². The van der Waals surface area contributed by atoms with Crippen LogP contribution in [0.3, 0.4) is 0 Å². The molecule has 0 bridgehead atoms. The Morgan fingerprint density at radius 2 is 1.83 bits per heavy atom. The lowest BCUT2D eigenvalue weighted by Gasteiger charge is -2.52. The first-order valence-corrected chi connectivity index (χ1v) is 15.0. The number of ether oxygens (including phenoxy) is 1. The van der Waals surface area contributed by atoms with E-state index in [4.69, 9.17) is 44.4 Å². The summed E-state index contributed by atoms with van der Waals surface area (Å²) >= 11 is 19.5. The van der Waals surface area contributed by atoms with Crippen molar-refractivity contribution in [3.05, 3.63) is 74.4 Å². The van der Waals surface area contributed by atoms with Crippen molar-refractivity contribution in [2.24, 2.45) is 11.1 Å². The van der Waals surface area contributed by atoms with Gasteiger partial charge in [0.2, 0.25) is 5.91 Å². The number of nitrogens with one attached hydrogen (secondary N) is 1. The summed E-state index contributed by atoms with van der Waals surface area (Å²) in [4.78, 5) is 33.4. The van der Waals surface area contributed by atoms with Gasteiger partial charge in [-0.15, -0.1) is 0 Å². The lowest BCUT2D eigenvalue weighted by Crippen LogP contribution is -2.69. The number of carbonyl (C=O) groups is 2. The van der Waals surface area contributed by atoms with E-state index in [0.29, 0.717) is 21.8 Å². The highest BCUT2D eigenvalue weighted by Gasteiger charge is 2.64. The highest BCUT2D eigenvalue weighted by molar-refractivity contribution is 6.43. The number of hydrogen-bond donors (Lipinski definition) is 1. The second-order valence-corrected chi connectivity index (χ2v) is 13.4. The molecule has 0 amide bonds. The highest BCUT2D eigenvalue weighted by atomic mass is 35.5. The van der Waals surface area contributed by atoms with Crippen LogP contribution < -0.4 is 5.32 Å². The summed E-state index contributed by atoms with van der Waals surface area (Å²) < 4.78 is 7.07. The van der Waals surface area contributed by atoms with E-state index in [1.165, 1.54) is 6.08 Å². The second-order valence-electron chi connectivity index (χ2n) is 12.2. The maximum Gasteiger partial charge on any atom is 0.331 e. The number of hydrogen-bond acceptors (Lipinski definition) is 6. The molecule has 1 aliphatic carbocycles. The summed E-state index contributed by atoms with van der Waals surface area (Å²) in [5.74, 6) is -1.52. The number of rotatable bonds is 6. The van der Waals surface area contributed by atoms with E-state index in [2.05, 4.69) is 10.5 Å². The lowest BCUT2D eigenvalue weighted by atomic mass is 9.60. The molecule has 7 nitrogen and oxygen atoms in total. The first-order valence-electron chi connectivity index (χ1n) is 13.9. The van der Waals surface area contributed by atoms with Gasteiger partial charge in [0.05, 0.1) is 21.1 Å². The third-order valence-corrected chi connectivity index (χ3v) is 9.21. The molecule has 0 spiro atoms. The second kappa shape index (κ2) is 11.0. The molecule has 222 valence electrons. The quantitative estimate of drug-likeness (QED) is 0.222. The first-order chi connectivity index (χ1) is 19.7. The SMILES string of the molecule is CNC1(C2(C)ON=C(c3c(Cl)cc(Cl)cc3Cl)C2C(=O)n2cc(C)c3c(/C=C/C(=O)OC(C)(C)C)cccc32)CCC1. The summed E-state index contributed by atoms with van der Waals surface area (Å²) in [6, 6.07) is 8.81. The van der Waals surface area contributed by atoms with E-state index >= 15 is 0 Å². The third kappa shape index (κ3) is 5.15. The van der Waals surface area contributed by atoms with E-state index in [-0.39, 0.29) is 16.0 Å². The fraction of sp³-hybridized carbons (Fsp3) is 0.406. The molecule has 2 aliphatic rings. The van der Waals surface area contributed by atoms with Gasteiger partial charge < -0.3 is 14.9 Å². The number of likely N-dealkylation sites (N-methyl/N-ethyl adjacent to an activating group) is 1. The summed E-state index contributed by atoms with van der Waals surface area (Å²) in [6.07, 6.45) is 7.57. The van der Waals surface area contributed by atoms with Gasteiger partial charge in [-0.1, -0.05) is 52.1 Å². The molecule has 3 aromatic rings. The molecule has 1 fully saturated rings. The van der Waals surface area contributed by atoms with E-state index in [0.717, 1.165) is 35.8 Å². The molecular formula is C32H34Cl3N3O4. The summed E-state index contributed by atoms with van der Waals surface area (Å²) in [5.41, 5.74) is 1.02. The minimum absolute atomic E-state index is 0.233. The molecule has 2 aromatic carbocycles. The fourth-order valence-electron chi connectivity index (χ4n) is 6.20. The smallest absolute Gasteiger partial charge is 0.331 e. The average Bonchev–Trinajstić information content (AvgIpc) is 3.38. The van der Waals surface area contributed by atoms with Gasteiger partial charge >= 0.3 is 5.97 Å². The minimum Gasteiger partial charge on any atom is -0.457 e. The fourth-order valence-corrected chi connectivity index (χ4v) is 7.21. The van der Waals surface area contributed by atoms with Crippen molar-refractivity contribution in [2.75, 3.05) is 7.05 Å². The number of halogens is 3. The molecule has 1 aromatic heterocycles. The minimum atomic E-state index is -1.03. The van der Waals surface area contributed by atoms with Crippen LogP contribution in [0.2, 0.25) is 15.1 Å². The largest absolute Gasteiger partial charge is 0.457 e.